The van der Waals surface area contributed by atoms with Crippen LogP contribution >= 0.6 is 11.8 Å². The van der Waals surface area contributed by atoms with Gasteiger partial charge in [-0.25, -0.2) is 14.5 Å². The van der Waals surface area contributed by atoms with E-state index in [-0.39, 0.29) is 28.3 Å². The van der Waals surface area contributed by atoms with Crippen molar-refractivity contribution in [1.29, 1.82) is 0 Å². The fourth-order valence-electron chi connectivity index (χ4n) is 4.45. The van der Waals surface area contributed by atoms with Crippen LogP contribution in [0.1, 0.15) is 42.3 Å². The number of amides is 3. The number of benzene rings is 3. The summed E-state index contributed by atoms with van der Waals surface area (Å²) >= 11 is 0.951. The van der Waals surface area contributed by atoms with E-state index in [0.29, 0.717) is 28.3 Å². The van der Waals surface area contributed by atoms with Crippen LogP contribution in [0.3, 0.4) is 0 Å². The number of aliphatic imine (C=N–C) groups is 1. The summed E-state index contributed by atoms with van der Waals surface area (Å²) in [6, 6.07) is 14.1. The molecule has 1 aromatic heterocycles. The summed E-state index contributed by atoms with van der Waals surface area (Å²) in [7, 11) is 0. The second-order valence-electron chi connectivity index (χ2n) is 10.3. The molecule has 1 fully saturated rings. The molecule has 47 heavy (non-hydrogen) atoms. The zero-order valence-electron chi connectivity index (χ0n) is 24.5. The van der Waals surface area contributed by atoms with Gasteiger partial charge in [0.15, 0.2) is 11.0 Å². The van der Waals surface area contributed by atoms with E-state index in [1.54, 1.807) is 50.3 Å². The number of carbonyl (C=O) groups excluding carboxylic acids is 2. The number of hydrogen-bond acceptors (Lipinski definition) is 6. The van der Waals surface area contributed by atoms with E-state index in [1.807, 2.05) is 0 Å². The maximum absolute atomic E-state index is 13.5. The maximum Gasteiger partial charge on any atom is 0.573 e. The molecule has 16 heteroatoms. The normalized spacial score (nSPS) is 14.9. The molecule has 4 aromatic rings. The molecule has 0 aliphatic carbocycles. The van der Waals surface area contributed by atoms with Gasteiger partial charge < -0.3 is 10.1 Å². The van der Waals surface area contributed by atoms with E-state index in [2.05, 4.69) is 25.1 Å². The average molecular weight is 675 g/mol. The lowest BCUT2D eigenvalue weighted by Crippen LogP contribution is -2.31. The van der Waals surface area contributed by atoms with Crippen molar-refractivity contribution in [1.82, 2.24) is 14.8 Å². The molecule has 0 radical (unpaired) electrons. The molecule has 5 rings (SSSR count). The summed E-state index contributed by atoms with van der Waals surface area (Å²) < 4.78 is 82.8. The Morgan fingerprint density at radius 3 is 2.34 bits per heavy atom. The van der Waals surface area contributed by atoms with Gasteiger partial charge in [-0.15, -0.1) is 18.3 Å². The van der Waals surface area contributed by atoms with E-state index >= 15 is 0 Å². The maximum atomic E-state index is 13.5. The lowest BCUT2D eigenvalue weighted by Gasteiger charge is -2.23. The van der Waals surface area contributed by atoms with E-state index < -0.39 is 30.0 Å². The Kier molecular flexibility index (Phi) is 9.42. The first-order valence-corrected chi connectivity index (χ1v) is 14.8. The summed E-state index contributed by atoms with van der Waals surface area (Å²) in [5, 5.41) is 6.82. The highest BCUT2D eigenvalue weighted by molar-refractivity contribution is 8.15. The minimum Gasteiger partial charge on any atom is -0.406 e. The predicted molar refractivity (Wildman–Crippen MR) is 165 cm³/mol. The van der Waals surface area contributed by atoms with Gasteiger partial charge in [-0.3, -0.25) is 9.69 Å². The Morgan fingerprint density at radius 1 is 1.00 bits per heavy atom. The number of nitrogens with one attached hydrogen (secondary N) is 1. The number of ether oxygens (including phenoxy) is 1. The number of nitrogens with zero attached hydrogens (tertiary/aromatic N) is 5. The monoisotopic (exact) mass is 674 g/mol. The molecule has 1 aliphatic heterocycles. The minimum absolute atomic E-state index is 0.0280. The lowest BCUT2D eigenvalue weighted by atomic mass is 9.98. The molecule has 0 unspecified atom stereocenters. The number of anilines is 2. The van der Waals surface area contributed by atoms with Crippen molar-refractivity contribution in [2.75, 3.05) is 16.0 Å². The minimum atomic E-state index is -4.79. The van der Waals surface area contributed by atoms with Gasteiger partial charge in [-0.05, 0) is 71.7 Å². The molecule has 9 nitrogen and oxygen atoms in total. The lowest BCUT2D eigenvalue weighted by molar-refractivity contribution is -0.274. The zero-order valence-corrected chi connectivity index (χ0v) is 25.3. The molecular weight excluding hydrogens is 650 g/mol. The van der Waals surface area contributed by atoms with E-state index in [1.165, 1.54) is 29.2 Å². The van der Waals surface area contributed by atoms with Gasteiger partial charge in [0.1, 0.15) is 12.1 Å². The Balaban J connectivity index is 1.24. The third-order valence-corrected chi connectivity index (χ3v) is 7.54. The van der Waals surface area contributed by atoms with Crippen LogP contribution < -0.4 is 15.0 Å². The number of alkyl halides is 6. The summed E-state index contributed by atoms with van der Waals surface area (Å²) in [6.45, 7) is 3.57. The van der Waals surface area contributed by atoms with Gasteiger partial charge in [-0.1, -0.05) is 49.9 Å². The van der Waals surface area contributed by atoms with Crippen molar-refractivity contribution in [3.63, 3.8) is 0 Å². The smallest absolute Gasteiger partial charge is 0.406 e. The molecular formula is C31H24F6N6O3S. The summed E-state index contributed by atoms with van der Waals surface area (Å²) in [6.07, 6.45) is -4.71. The van der Waals surface area contributed by atoms with Crippen molar-refractivity contribution in [3.05, 3.63) is 95.6 Å². The fourth-order valence-corrected chi connectivity index (χ4v) is 5.31. The molecule has 3 aromatic carbocycles. The van der Waals surface area contributed by atoms with Crippen molar-refractivity contribution >= 4 is 52.4 Å². The highest BCUT2D eigenvalue weighted by Crippen LogP contribution is 2.38. The number of carbonyl (C=O) groups is 2. The summed E-state index contributed by atoms with van der Waals surface area (Å²) in [4.78, 5) is 34.7. The molecule has 0 bridgehead atoms. The average Bonchev–Trinajstić information content (AvgIpc) is 3.62. The fraction of sp³-hybridized carbons (Fsp3) is 0.194. The molecule has 3 amide bonds. The quantitative estimate of drug-likeness (QED) is 0.199. The zero-order chi connectivity index (χ0) is 33.9. The number of amidine groups is 1. The largest absolute Gasteiger partial charge is 0.573 e. The molecule has 0 saturated carbocycles. The van der Waals surface area contributed by atoms with Crippen LogP contribution in [0.25, 0.3) is 17.8 Å². The van der Waals surface area contributed by atoms with Gasteiger partial charge in [0.05, 0.1) is 22.7 Å². The number of hydrogen-bond donors (Lipinski definition) is 1. The van der Waals surface area contributed by atoms with Crippen LogP contribution in [-0.4, -0.2) is 44.0 Å². The topological polar surface area (TPSA) is 102 Å². The molecule has 0 spiro atoms. The molecule has 1 N–H and O–H groups in total. The molecule has 244 valence electrons. The molecule has 2 heterocycles. The van der Waals surface area contributed by atoms with Gasteiger partial charge >= 0.3 is 18.6 Å². The van der Waals surface area contributed by atoms with E-state index in [0.717, 1.165) is 40.9 Å². The predicted octanol–water partition coefficient (Wildman–Crippen LogP) is 8.15. The van der Waals surface area contributed by atoms with Crippen LogP contribution in [0.2, 0.25) is 0 Å². The second kappa shape index (κ2) is 13.3. The van der Waals surface area contributed by atoms with Crippen LogP contribution in [0, 0.1) is 0 Å². The first-order valence-electron chi connectivity index (χ1n) is 13.8. The summed E-state index contributed by atoms with van der Waals surface area (Å²) in [5.74, 6) is -0.826. The number of halogens is 6. The van der Waals surface area contributed by atoms with E-state index in [4.69, 9.17) is 0 Å². The van der Waals surface area contributed by atoms with Crippen LogP contribution in [0.4, 0.5) is 42.5 Å². The van der Waals surface area contributed by atoms with E-state index in [9.17, 15) is 35.9 Å². The first kappa shape index (κ1) is 33.2. The number of thioether (sulfide) groups is 1. The van der Waals surface area contributed by atoms with Crippen LogP contribution in [0.15, 0.2) is 78.0 Å². The van der Waals surface area contributed by atoms with Gasteiger partial charge in [0, 0.05) is 5.69 Å². The van der Waals surface area contributed by atoms with Crippen molar-refractivity contribution < 1.29 is 40.7 Å². The number of rotatable bonds is 7. The van der Waals surface area contributed by atoms with Gasteiger partial charge in [0.2, 0.25) is 5.91 Å². The third-order valence-electron chi connectivity index (χ3n) is 6.61. The molecule has 1 aliphatic rings. The Morgan fingerprint density at radius 2 is 1.70 bits per heavy atom. The standard InChI is InChI=1S/C31H24F6N6O3S/c1-18(2)24-13-6-20(30(32,33)34)15-25(24)43-27(44)16-47-29(43)40-28(45)39-21-7-3-19(4-8-21)5-14-26-38-17-42(41-26)22-9-11-23(12-10-22)46-31(35,36)37/h3-15,17-18H,16H2,1-2H3,(H,39,45)/b14-5+,40-29-. The van der Waals surface area contributed by atoms with Crippen LogP contribution in [0.5, 0.6) is 5.75 Å². The second-order valence-corrected chi connectivity index (χ2v) is 11.3. The Labute approximate surface area is 268 Å². The van der Waals surface area contributed by atoms with Gasteiger partial charge in [0.25, 0.3) is 0 Å². The third kappa shape index (κ3) is 8.38. The molecule has 1 saturated heterocycles. The first-order chi connectivity index (χ1) is 22.2. The number of urea groups is 1. The highest BCUT2D eigenvalue weighted by Gasteiger charge is 2.36. The Bertz CT molecular complexity index is 1830. The van der Waals surface area contributed by atoms with Crippen molar-refractivity contribution in [2.24, 2.45) is 4.99 Å². The van der Waals surface area contributed by atoms with Gasteiger partial charge in [-0.2, -0.15) is 18.2 Å². The highest BCUT2D eigenvalue weighted by atomic mass is 32.2. The SMILES string of the molecule is CC(C)c1ccc(C(F)(F)F)cc1N1C(=O)CS/C1=N\C(=O)Nc1ccc(/C=C/c2ncn(-c3ccc(OC(F)(F)F)cc3)n2)cc1. The van der Waals surface area contributed by atoms with Crippen LogP contribution in [-0.2, 0) is 11.0 Å². The van der Waals surface area contributed by atoms with Crippen molar-refractivity contribution in [2.45, 2.75) is 32.3 Å². The Hall–Kier alpha value is -5.12. The summed E-state index contributed by atoms with van der Waals surface area (Å²) in [5.41, 5.74) is 1.17. The number of aromatic nitrogens is 3. The van der Waals surface area contributed by atoms with Crippen molar-refractivity contribution in [3.8, 4) is 11.4 Å². The molecule has 0 atom stereocenters.